The Morgan fingerprint density at radius 1 is 0.889 bits per heavy atom. The first-order valence-electron chi connectivity index (χ1n) is 8.96. The number of carboxylic acid groups (broad SMARTS) is 1. The van der Waals surface area contributed by atoms with Crippen LogP contribution in [0.5, 0.6) is 0 Å². The van der Waals surface area contributed by atoms with Gasteiger partial charge in [0.05, 0.1) is 6.61 Å². The van der Waals surface area contributed by atoms with Gasteiger partial charge < -0.3 is 31.9 Å². The molecule has 0 aliphatic rings. The average molecular weight is 388 g/mol. The maximum atomic E-state index is 12.7. The summed E-state index contributed by atoms with van der Waals surface area (Å²) in [4.78, 5) is 47.9. The fourth-order valence-electron chi connectivity index (χ4n) is 2.19. The van der Waals surface area contributed by atoms with Crippen molar-refractivity contribution in [2.45, 2.75) is 65.2 Å². The number of aliphatic hydroxyl groups is 1. The lowest BCUT2D eigenvalue weighted by molar-refractivity contribution is -0.142. The molecular formula is C17H32N4O6. The Morgan fingerprint density at radius 2 is 1.37 bits per heavy atom. The van der Waals surface area contributed by atoms with Crippen LogP contribution in [0.25, 0.3) is 0 Å². The van der Waals surface area contributed by atoms with Gasteiger partial charge in [0, 0.05) is 0 Å². The standard InChI is InChI=1S/C17H32N4O6/c1-6-9(4)13(16(25)19-10(5)17(26)27)21-15(24)12(8(2)3)20-14(23)11(18)7-22/h8-13,22H,6-7,18H2,1-5H3,(H,19,25)(H,20,23)(H,21,24)(H,26,27). The zero-order chi connectivity index (χ0) is 21.3. The van der Waals surface area contributed by atoms with Crippen molar-refractivity contribution in [3.05, 3.63) is 0 Å². The molecule has 0 aromatic rings. The van der Waals surface area contributed by atoms with Gasteiger partial charge in [-0.15, -0.1) is 0 Å². The van der Waals surface area contributed by atoms with Crippen LogP contribution < -0.4 is 21.7 Å². The zero-order valence-corrected chi connectivity index (χ0v) is 16.5. The first-order chi connectivity index (χ1) is 12.5. The molecule has 5 atom stereocenters. The van der Waals surface area contributed by atoms with Gasteiger partial charge in [0.1, 0.15) is 24.2 Å². The molecule has 0 bridgehead atoms. The summed E-state index contributed by atoms with van der Waals surface area (Å²) in [6.45, 7) is 7.76. The molecule has 0 rings (SSSR count). The van der Waals surface area contributed by atoms with E-state index in [-0.39, 0.29) is 11.8 Å². The third kappa shape index (κ3) is 7.92. The molecule has 0 spiro atoms. The van der Waals surface area contributed by atoms with Crippen LogP contribution in [0.3, 0.4) is 0 Å². The van der Waals surface area contributed by atoms with Gasteiger partial charge in [-0.1, -0.05) is 34.1 Å². The second-order valence-electron chi connectivity index (χ2n) is 6.96. The van der Waals surface area contributed by atoms with Crippen molar-refractivity contribution < 1.29 is 29.4 Å². The van der Waals surface area contributed by atoms with E-state index < -0.39 is 54.5 Å². The molecule has 0 fully saturated rings. The zero-order valence-electron chi connectivity index (χ0n) is 16.5. The summed E-state index contributed by atoms with van der Waals surface area (Å²) in [6.07, 6.45) is 0.563. The first kappa shape index (κ1) is 24.8. The monoisotopic (exact) mass is 388 g/mol. The van der Waals surface area contributed by atoms with Crippen molar-refractivity contribution in [3.8, 4) is 0 Å². The van der Waals surface area contributed by atoms with E-state index in [9.17, 15) is 19.2 Å². The van der Waals surface area contributed by atoms with Crippen LogP contribution in [0.1, 0.15) is 41.0 Å². The van der Waals surface area contributed by atoms with Gasteiger partial charge >= 0.3 is 5.97 Å². The van der Waals surface area contributed by atoms with Crippen molar-refractivity contribution in [3.63, 3.8) is 0 Å². The Morgan fingerprint density at radius 3 is 1.78 bits per heavy atom. The highest BCUT2D eigenvalue weighted by Gasteiger charge is 2.32. The second kappa shape index (κ2) is 11.5. The third-order valence-electron chi connectivity index (χ3n) is 4.30. The minimum atomic E-state index is -1.19. The fraction of sp³-hybridized carbons (Fsp3) is 0.765. The predicted octanol–water partition coefficient (Wildman–Crippen LogP) is -1.43. The van der Waals surface area contributed by atoms with E-state index in [0.717, 1.165) is 0 Å². The second-order valence-corrected chi connectivity index (χ2v) is 6.96. The molecule has 0 radical (unpaired) electrons. The Kier molecular flexibility index (Phi) is 10.6. The number of amides is 3. The molecule has 0 saturated heterocycles. The topological polar surface area (TPSA) is 171 Å². The van der Waals surface area contributed by atoms with Crippen molar-refractivity contribution >= 4 is 23.7 Å². The summed E-state index contributed by atoms with van der Waals surface area (Å²) >= 11 is 0. The number of hydrogen-bond acceptors (Lipinski definition) is 6. The predicted molar refractivity (Wildman–Crippen MR) is 98.5 cm³/mol. The summed E-state index contributed by atoms with van der Waals surface area (Å²) in [5.41, 5.74) is 5.45. The number of carbonyl (C=O) groups excluding carboxylic acids is 3. The molecule has 3 amide bonds. The lowest BCUT2D eigenvalue weighted by Gasteiger charge is -2.28. The summed E-state index contributed by atoms with van der Waals surface area (Å²) in [7, 11) is 0. The number of rotatable bonds is 11. The molecule has 27 heavy (non-hydrogen) atoms. The van der Waals surface area contributed by atoms with E-state index in [0.29, 0.717) is 6.42 Å². The molecule has 0 aromatic carbocycles. The van der Waals surface area contributed by atoms with Gasteiger partial charge in [0.15, 0.2) is 0 Å². The van der Waals surface area contributed by atoms with Crippen LogP contribution >= 0.6 is 0 Å². The van der Waals surface area contributed by atoms with Crippen LogP contribution in [0.4, 0.5) is 0 Å². The molecule has 0 saturated carbocycles. The lowest BCUT2D eigenvalue weighted by atomic mass is 9.96. The summed E-state index contributed by atoms with van der Waals surface area (Å²) in [6, 6.07) is -4.20. The van der Waals surface area contributed by atoms with E-state index in [2.05, 4.69) is 16.0 Å². The fourth-order valence-corrected chi connectivity index (χ4v) is 2.19. The van der Waals surface area contributed by atoms with Gasteiger partial charge in [-0.25, -0.2) is 0 Å². The van der Waals surface area contributed by atoms with E-state index in [1.807, 2.05) is 6.92 Å². The quantitative estimate of drug-likeness (QED) is 0.252. The molecule has 156 valence electrons. The van der Waals surface area contributed by atoms with Crippen LogP contribution in [-0.4, -0.2) is 64.7 Å². The van der Waals surface area contributed by atoms with Crippen LogP contribution in [0.2, 0.25) is 0 Å². The molecular weight excluding hydrogens is 356 g/mol. The maximum Gasteiger partial charge on any atom is 0.325 e. The van der Waals surface area contributed by atoms with Crippen molar-refractivity contribution in [1.82, 2.24) is 16.0 Å². The molecule has 7 N–H and O–H groups in total. The van der Waals surface area contributed by atoms with Crippen LogP contribution in [-0.2, 0) is 19.2 Å². The Bertz CT molecular complexity index is 540. The Hall–Kier alpha value is -2.20. The molecule has 10 nitrogen and oxygen atoms in total. The van der Waals surface area contributed by atoms with Gasteiger partial charge in [-0.3, -0.25) is 19.2 Å². The number of carbonyl (C=O) groups is 4. The van der Waals surface area contributed by atoms with Gasteiger partial charge in [0.25, 0.3) is 0 Å². The van der Waals surface area contributed by atoms with Crippen molar-refractivity contribution in [1.29, 1.82) is 0 Å². The molecule has 0 aliphatic heterocycles. The minimum Gasteiger partial charge on any atom is -0.480 e. The summed E-state index contributed by atoms with van der Waals surface area (Å²) < 4.78 is 0. The highest BCUT2D eigenvalue weighted by Crippen LogP contribution is 2.10. The van der Waals surface area contributed by atoms with Crippen molar-refractivity contribution in [2.24, 2.45) is 17.6 Å². The summed E-state index contributed by atoms with van der Waals surface area (Å²) in [5, 5.41) is 25.3. The van der Waals surface area contributed by atoms with Crippen molar-refractivity contribution in [2.75, 3.05) is 6.61 Å². The number of aliphatic carboxylic acids is 1. The minimum absolute atomic E-state index is 0.266. The van der Waals surface area contributed by atoms with Gasteiger partial charge in [0.2, 0.25) is 17.7 Å². The van der Waals surface area contributed by atoms with Gasteiger partial charge in [-0.2, -0.15) is 0 Å². The number of carboxylic acids is 1. The molecule has 0 aromatic heterocycles. The maximum absolute atomic E-state index is 12.7. The SMILES string of the molecule is CCC(C)C(NC(=O)C(NC(=O)C(N)CO)C(C)C)C(=O)NC(C)C(=O)O. The summed E-state index contributed by atoms with van der Waals surface area (Å²) in [5.74, 6) is -3.66. The van der Waals surface area contributed by atoms with E-state index in [1.165, 1.54) is 6.92 Å². The van der Waals surface area contributed by atoms with E-state index >= 15 is 0 Å². The van der Waals surface area contributed by atoms with Gasteiger partial charge in [-0.05, 0) is 18.8 Å². The number of hydrogen-bond donors (Lipinski definition) is 6. The first-order valence-corrected chi connectivity index (χ1v) is 8.96. The molecule has 0 heterocycles. The number of aliphatic hydroxyl groups excluding tert-OH is 1. The van der Waals surface area contributed by atoms with Crippen LogP contribution in [0.15, 0.2) is 0 Å². The smallest absolute Gasteiger partial charge is 0.325 e. The largest absolute Gasteiger partial charge is 0.480 e. The third-order valence-corrected chi connectivity index (χ3v) is 4.30. The average Bonchev–Trinajstić information content (AvgIpc) is 2.61. The molecule has 10 heteroatoms. The highest BCUT2D eigenvalue weighted by molar-refractivity contribution is 5.94. The van der Waals surface area contributed by atoms with Crippen LogP contribution in [0, 0.1) is 11.8 Å². The number of nitrogens with two attached hydrogens (primary N) is 1. The normalized spacial score (nSPS) is 16.6. The Balaban J connectivity index is 5.30. The molecule has 0 aliphatic carbocycles. The highest BCUT2D eigenvalue weighted by atomic mass is 16.4. The Labute approximate surface area is 159 Å². The lowest BCUT2D eigenvalue weighted by Crippen LogP contribution is -2.59. The number of nitrogens with one attached hydrogen (secondary N) is 3. The van der Waals surface area contributed by atoms with E-state index in [1.54, 1.807) is 20.8 Å². The van der Waals surface area contributed by atoms with E-state index in [4.69, 9.17) is 15.9 Å². The molecule has 5 unspecified atom stereocenters.